The Morgan fingerprint density at radius 1 is 1.27 bits per heavy atom. The van der Waals surface area contributed by atoms with Crippen LogP contribution >= 0.6 is 11.3 Å². The van der Waals surface area contributed by atoms with Gasteiger partial charge in [0.2, 0.25) is 0 Å². The Labute approximate surface area is 156 Å². The number of rotatable bonds is 5. The monoisotopic (exact) mass is 373 g/mol. The van der Waals surface area contributed by atoms with Crippen LogP contribution in [0.2, 0.25) is 0 Å². The third kappa shape index (κ3) is 3.95. The van der Waals surface area contributed by atoms with Crippen LogP contribution in [0.25, 0.3) is 11.1 Å². The number of carbonyl (C=O) groups is 2. The van der Waals surface area contributed by atoms with Crippen LogP contribution in [0.3, 0.4) is 0 Å². The van der Waals surface area contributed by atoms with Crippen LogP contribution in [0.15, 0.2) is 35.7 Å². The summed E-state index contributed by atoms with van der Waals surface area (Å²) in [6.45, 7) is 1.44. The lowest BCUT2D eigenvalue weighted by Gasteiger charge is -2.26. The SMILES string of the molecule is CN(C)C[C@@]1(O)CCN(C(=O)c2ccc(-c3csc(C(N)=O)c3)cc2)C1. The molecule has 3 N–H and O–H groups in total. The van der Waals surface area contributed by atoms with Gasteiger partial charge < -0.3 is 20.6 Å². The summed E-state index contributed by atoms with van der Waals surface area (Å²) < 4.78 is 0. The van der Waals surface area contributed by atoms with Gasteiger partial charge in [0, 0.05) is 18.7 Å². The van der Waals surface area contributed by atoms with Crippen LogP contribution in [0.5, 0.6) is 0 Å². The molecule has 1 atom stereocenters. The molecule has 6 nitrogen and oxygen atoms in total. The number of β-amino-alcohol motifs (C(OH)–C–C–N with tert-alkyl or cyclic N) is 1. The van der Waals surface area contributed by atoms with Crippen molar-refractivity contribution in [3.63, 3.8) is 0 Å². The van der Waals surface area contributed by atoms with Gasteiger partial charge in [-0.25, -0.2) is 0 Å². The van der Waals surface area contributed by atoms with Crippen LogP contribution in [-0.4, -0.2) is 66.1 Å². The first kappa shape index (κ1) is 18.6. The van der Waals surface area contributed by atoms with E-state index in [4.69, 9.17) is 5.73 Å². The van der Waals surface area contributed by atoms with Crippen LogP contribution < -0.4 is 5.73 Å². The average Bonchev–Trinajstić information content (AvgIpc) is 3.21. The summed E-state index contributed by atoms with van der Waals surface area (Å²) in [4.78, 5) is 28.1. The Bertz CT molecular complexity index is 816. The quantitative estimate of drug-likeness (QED) is 0.834. The van der Waals surface area contributed by atoms with Crippen molar-refractivity contribution in [3.05, 3.63) is 46.2 Å². The predicted octanol–water partition coefficient (Wildman–Crippen LogP) is 1.65. The Kier molecular flexibility index (Phi) is 5.13. The molecule has 1 aliphatic rings. The number of carbonyl (C=O) groups excluding carboxylic acids is 2. The van der Waals surface area contributed by atoms with Crippen molar-refractivity contribution in [2.45, 2.75) is 12.0 Å². The minimum Gasteiger partial charge on any atom is -0.387 e. The van der Waals surface area contributed by atoms with Gasteiger partial charge in [0.1, 0.15) is 0 Å². The molecule has 1 fully saturated rings. The van der Waals surface area contributed by atoms with E-state index in [-0.39, 0.29) is 5.91 Å². The zero-order chi connectivity index (χ0) is 18.9. The molecule has 2 aromatic rings. The highest BCUT2D eigenvalue weighted by atomic mass is 32.1. The summed E-state index contributed by atoms with van der Waals surface area (Å²) in [5.41, 5.74) is 6.87. The van der Waals surface area contributed by atoms with Gasteiger partial charge in [0.15, 0.2) is 0 Å². The van der Waals surface area contributed by atoms with Crippen molar-refractivity contribution in [2.24, 2.45) is 5.73 Å². The second-order valence-electron chi connectivity index (χ2n) is 7.08. The summed E-state index contributed by atoms with van der Waals surface area (Å²) in [7, 11) is 3.82. The Hall–Kier alpha value is -2.22. The Morgan fingerprint density at radius 2 is 1.96 bits per heavy atom. The molecule has 3 rings (SSSR count). The molecule has 0 bridgehead atoms. The molecule has 1 aromatic heterocycles. The molecule has 1 aliphatic heterocycles. The summed E-state index contributed by atoms with van der Waals surface area (Å²) >= 11 is 1.31. The van der Waals surface area contributed by atoms with E-state index in [1.807, 2.05) is 36.5 Å². The second-order valence-corrected chi connectivity index (χ2v) is 7.99. The smallest absolute Gasteiger partial charge is 0.258 e. The molecule has 2 amide bonds. The molecule has 0 spiro atoms. The fourth-order valence-electron chi connectivity index (χ4n) is 3.35. The number of hydrogen-bond donors (Lipinski definition) is 2. The Balaban J connectivity index is 1.70. The van der Waals surface area contributed by atoms with E-state index in [9.17, 15) is 14.7 Å². The number of thiophene rings is 1. The number of primary amides is 1. The van der Waals surface area contributed by atoms with E-state index in [0.29, 0.717) is 36.5 Å². The lowest BCUT2D eigenvalue weighted by Crippen LogP contribution is -2.43. The van der Waals surface area contributed by atoms with E-state index < -0.39 is 11.5 Å². The maximum Gasteiger partial charge on any atom is 0.258 e. The third-order valence-corrected chi connectivity index (χ3v) is 5.48. The molecule has 7 heteroatoms. The first-order chi connectivity index (χ1) is 12.3. The van der Waals surface area contributed by atoms with E-state index in [1.54, 1.807) is 23.1 Å². The molecule has 0 radical (unpaired) electrons. The number of aliphatic hydroxyl groups is 1. The van der Waals surface area contributed by atoms with E-state index in [2.05, 4.69) is 0 Å². The summed E-state index contributed by atoms with van der Waals surface area (Å²) in [5, 5.41) is 12.5. The van der Waals surface area contributed by atoms with Gasteiger partial charge in [-0.15, -0.1) is 11.3 Å². The minimum atomic E-state index is -0.846. The van der Waals surface area contributed by atoms with Gasteiger partial charge in [0.05, 0.1) is 17.0 Å². The second kappa shape index (κ2) is 7.19. The number of likely N-dealkylation sites (tertiary alicyclic amines) is 1. The zero-order valence-electron chi connectivity index (χ0n) is 14.9. The van der Waals surface area contributed by atoms with E-state index >= 15 is 0 Å². The number of amides is 2. The van der Waals surface area contributed by atoms with Gasteiger partial charge >= 0.3 is 0 Å². The Morgan fingerprint density at radius 3 is 2.54 bits per heavy atom. The topological polar surface area (TPSA) is 86.9 Å². The van der Waals surface area contributed by atoms with Gasteiger partial charge in [-0.3, -0.25) is 9.59 Å². The highest BCUT2D eigenvalue weighted by Crippen LogP contribution is 2.27. The molecule has 0 saturated carbocycles. The van der Waals surface area contributed by atoms with Gasteiger partial charge in [-0.1, -0.05) is 12.1 Å². The van der Waals surface area contributed by atoms with Crippen molar-refractivity contribution in [1.82, 2.24) is 9.80 Å². The van der Waals surface area contributed by atoms with Gasteiger partial charge in [-0.05, 0) is 55.2 Å². The zero-order valence-corrected chi connectivity index (χ0v) is 15.8. The lowest BCUT2D eigenvalue weighted by atomic mass is 10.0. The van der Waals surface area contributed by atoms with Crippen molar-refractivity contribution in [2.75, 3.05) is 33.7 Å². The normalized spacial score (nSPS) is 19.9. The van der Waals surface area contributed by atoms with Crippen LogP contribution in [0.1, 0.15) is 26.5 Å². The van der Waals surface area contributed by atoms with Crippen LogP contribution in [-0.2, 0) is 0 Å². The first-order valence-corrected chi connectivity index (χ1v) is 9.30. The maximum absolute atomic E-state index is 12.7. The molecule has 0 aliphatic carbocycles. The van der Waals surface area contributed by atoms with E-state index in [0.717, 1.165) is 11.1 Å². The number of likely N-dealkylation sites (N-methyl/N-ethyl adjacent to an activating group) is 1. The number of nitrogens with zero attached hydrogens (tertiary/aromatic N) is 2. The van der Waals surface area contributed by atoms with Gasteiger partial charge in [0.25, 0.3) is 11.8 Å². The van der Waals surface area contributed by atoms with Crippen molar-refractivity contribution >= 4 is 23.2 Å². The fourth-order valence-corrected chi connectivity index (χ4v) is 4.12. The molecule has 0 unspecified atom stereocenters. The maximum atomic E-state index is 12.7. The molecule has 138 valence electrons. The lowest BCUT2D eigenvalue weighted by molar-refractivity contribution is 0.0236. The fraction of sp³-hybridized carbons (Fsp3) is 0.368. The number of nitrogens with two attached hydrogens (primary N) is 1. The molecule has 2 heterocycles. The highest BCUT2D eigenvalue weighted by molar-refractivity contribution is 7.12. The van der Waals surface area contributed by atoms with Crippen LogP contribution in [0.4, 0.5) is 0 Å². The van der Waals surface area contributed by atoms with E-state index in [1.165, 1.54) is 11.3 Å². The minimum absolute atomic E-state index is 0.0747. The molecule has 1 saturated heterocycles. The summed E-state index contributed by atoms with van der Waals surface area (Å²) in [6.07, 6.45) is 0.583. The summed E-state index contributed by atoms with van der Waals surface area (Å²) in [6, 6.07) is 9.04. The first-order valence-electron chi connectivity index (χ1n) is 8.43. The number of benzene rings is 1. The van der Waals surface area contributed by atoms with Crippen molar-refractivity contribution in [1.29, 1.82) is 0 Å². The van der Waals surface area contributed by atoms with Crippen molar-refractivity contribution < 1.29 is 14.7 Å². The number of hydrogen-bond acceptors (Lipinski definition) is 5. The molecule has 26 heavy (non-hydrogen) atoms. The molecular weight excluding hydrogens is 350 g/mol. The van der Waals surface area contributed by atoms with Gasteiger partial charge in [-0.2, -0.15) is 0 Å². The van der Waals surface area contributed by atoms with Crippen LogP contribution in [0, 0.1) is 0 Å². The molecular formula is C19H23N3O3S. The largest absolute Gasteiger partial charge is 0.387 e. The summed E-state index contributed by atoms with van der Waals surface area (Å²) in [5.74, 6) is -0.512. The van der Waals surface area contributed by atoms with Crippen molar-refractivity contribution in [3.8, 4) is 11.1 Å². The highest BCUT2D eigenvalue weighted by Gasteiger charge is 2.38. The third-order valence-electron chi connectivity index (χ3n) is 4.54. The average molecular weight is 373 g/mol. The standard InChI is InChI=1S/C19H23N3O3S/c1-21(2)11-19(25)7-8-22(12-19)18(24)14-5-3-13(4-6-14)15-9-16(17(20)23)26-10-15/h3-6,9-10,25H,7-8,11-12H2,1-2H3,(H2,20,23)/t19-/m0/s1. The molecule has 1 aromatic carbocycles. The predicted molar refractivity (Wildman–Crippen MR) is 102 cm³/mol.